The summed E-state index contributed by atoms with van der Waals surface area (Å²) in [5, 5.41) is 9.43. The lowest BCUT2D eigenvalue weighted by Crippen LogP contribution is -2.53. The quantitative estimate of drug-likeness (QED) is 0.597. The maximum absolute atomic E-state index is 14.2. The highest BCUT2D eigenvalue weighted by atomic mass is 19.4. The van der Waals surface area contributed by atoms with Gasteiger partial charge in [-0.1, -0.05) is 6.92 Å². The lowest BCUT2D eigenvalue weighted by molar-refractivity contribution is -0.143. The standard InChI is InChI=1S/C25H30F3N3O3/c1-14-5-7-18(8-6-14)34-20-13-29-23-19(22(20)25(26,27)28)9-10-21(30-23)31-16-3-2-4-17(31)12-15(11-16)24(32)33/h9-10,13-18H,2-8,11-12H2,1H3,(H,32,33). The van der Waals surface area contributed by atoms with Gasteiger partial charge in [0.1, 0.15) is 11.4 Å². The van der Waals surface area contributed by atoms with Crippen LogP contribution in [0.3, 0.4) is 0 Å². The van der Waals surface area contributed by atoms with Crippen molar-refractivity contribution in [2.75, 3.05) is 4.90 Å². The van der Waals surface area contributed by atoms with Gasteiger partial charge in [-0.3, -0.25) is 4.79 Å². The molecule has 4 heterocycles. The average molecular weight is 478 g/mol. The van der Waals surface area contributed by atoms with Gasteiger partial charge in [0.2, 0.25) is 0 Å². The number of halogens is 3. The minimum absolute atomic E-state index is 0.0249. The first-order valence-electron chi connectivity index (χ1n) is 12.3. The van der Waals surface area contributed by atoms with Crippen LogP contribution in [0.25, 0.3) is 11.0 Å². The van der Waals surface area contributed by atoms with Gasteiger partial charge in [-0.05, 0) is 75.8 Å². The minimum atomic E-state index is -4.60. The molecule has 2 unspecified atom stereocenters. The van der Waals surface area contributed by atoms with E-state index in [1.807, 2.05) is 0 Å². The number of carbonyl (C=O) groups is 1. The number of hydrogen-bond acceptors (Lipinski definition) is 5. The van der Waals surface area contributed by atoms with Crippen molar-refractivity contribution < 1.29 is 27.8 Å². The van der Waals surface area contributed by atoms with E-state index in [0.29, 0.717) is 24.6 Å². The van der Waals surface area contributed by atoms with E-state index in [9.17, 15) is 23.1 Å². The molecule has 2 aromatic rings. The van der Waals surface area contributed by atoms with Crippen molar-refractivity contribution in [1.29, 1.82) is 0 Å². The Kier molecular flexibility index (Phi) is 6.06. The number of fused-ring (bicyclic) bond motifs is 3. The molecule has 9 heteroatoms. The highest BCUT2D eigenvalue weighted by Gasteiger charge is 2.42. The Morgan fingerprint density at radius 3 is 2.38 bits per heavy atom. The van der Waals surface area contributed by atoms with Crippen LogP contribution in [0, 0.1) is 11.8 Å². The van der Waals surface area contributed by atoms with Crippen molar-refractivity contribution in [2.24, 2.45) is 11.8 Å². The van der Waals surface area contributed by atoms with Gasteiger partial charge in [0.25, 0.3) is 0 Å². The number of pyridine rings is 2. The third-order valence-corrected chi connectivity index (χ3v) is 7.81. The number of carboxylic acid groups (broad SMARTS) is 1. The summed E-state index contributed by atoms with van der Waals surface area (Å²) in [6, 6.07) is 3.12. The second-order valence-corrected chi connectivity index (χ2v) is 10.2. The van der Waals surface area contributed by atoms with Crippen LogP contribution in [0.5, 0.6) is 5.75 Å². The van der Waals surface area contributed by atoms with Gasteiger partial charge in [-0.25, -0.2) is 9.97 Å². The molecule has 0 aromatic carbocycles. The van der Waals surface area contributed by atoms with Gasteiger partial charge in [-0.2, -0.15) is 13.2 Å². The molecule has 3 fully saturated rings. The summed E-state index contributed by atoms with van der Waals surface area (Å²) < 4.78 is 48.3. The van der Waals surface area contributed by atoms with Gasteiger partial charge >= 0.3 is 12.1 Å². The molecule has 2 atom stereocenters. The first-order chi connectivity index (χ1) is 16.2. The fourth-order valence-electron chi connectivity index (χ4n) is 6.06. The number of hydrogen-bond donors (Lipinski definition) is 1. The molecule has 3 aliphatic rings. The number of piperidine rings is 2. The number of nitrogens with zero attached hydrogens (tertiary/aromatic N) is 3. The molecule has 2 bridgehead atoms. The Bertz CT molecular complexity index is 1050. The predicted molar refractivity (Wildman–Crippen MR) is 121 cm³/mol. The maximum atomic E-state index is 14.2. The summed E-state index contributed by atoms with van der Waals surface area (Å²) in [7, 11) is 0. The molecule has 34 heavy (non-hydrogen) atoms. The van der Waals surface area contributed by atoms with E-state index >= 15 is 0 Å². The van der Waals surface area contributed by atoms with Crippen LogP contribution in [0.1, 0.15) is 70.3 Å². The molecule has 0 spiro atoms. The summed E-state index contributed by atoms with van der Waals surface area (Å²) in [6.45, 7) is 2.15. The van der Waals surface area contributed by atoms with Crippen molar-refractivity contribution in [1.82, 2.24) is 9.97 Å². The topological polar surface area (TPSA) is 75.6 Å². The number of alkyl halides is 3. The van der Waals surface area contributed by atoms with Crippen molar-refractivity contribution >= 4 is 22.8 Å². The van der Waals surface area contributed by atoms with Crippen LogP contribution >= 0.6 is 0 Å². The monoisotopic (exact) mass is 477 g/mol. The van der Waals surface area contributed by atoms with Gasteiger partial charge in [0.05, 0.1) is 18.2 Å². The van der Waals surface area contributed by atoms with Gasteiger partial charge < -0.3 is 14.7 Å². The number of ether oxygens (including phenoxy) is 1. The van der Waals surface area contributed by atoms with E-state index in [-0.39, 0.29) is 40.9 Å². The Labute approximate surface area is 196 Å². The Morgan fingerprint density at radius 2 is 1.76 bits per heavy atom. The second kappa shape index (κ2) is 8.89. The van der Waals surface area contributed by atoms with Crippen LogP contribution in [0.15, 0.2) is 18.3 Å². The van der Waals surface area contributed by atoms with Crippen molar-refractivity contribution in [3.8, 4) is 5.75 Å². The number of aromatic nitrogens is 2. The van der Waals surface area contributed by atoms with E-state index in [1.54, 1.807) is 6.07 Å². The molecule has 6 nitrogen and oxygen atoms in total. The zero-order chi connectivity index (χ0) is 24.0. The summed E-state index contributed by atoms with van der Waals surface area (Å²) in [6.07, 6.45) is 3.47. The van der Waals surface area contributed by atoms with Crippen molar-refractivity contribution in [3.63, 3.8) is 0 Å². The van der Waals surface area contributed by atoms with Gasteiger partial charge in [0.15, 0.2) is 11.4 Å². The normalized spacial score (nSPS) is 29.8. The molecular weight excluding hydrogens is 447 g/mol. The molecule has 1 aliphatic carbocycles. The molecule has 0 amide bonds. The zero-order valence-corrected chi connectivity index (χ0v) is 19.2. The minimum Gasteiger partial charge on any atom is -0.488 e. The number of anilines is 1. The van der Waals surface area contributed by atoms with Gasteiger partial charge in [0, 0.05) is 17.5 Å². The largest absolute Gasteiger partial charge is 0.488 e. The lowest BCUT2D eigenvalue weighted by Gasteiger charge is -2.48. The number of carboxylic acids is 1. The maximum Gasteiger partial charge on any atom is 0.420 e. The summed E-state index contributed by atoms with van der Waals surface area (Å²) in [5.74, 6) is -0.252. The predicted octanol–water partition coefficient (Wildman–Crippen LogP) is 5.83. The van der Waals surface area contributed by atoms with Crippen LogP contribution in [0.4, 0.5) is 19.0 Å². The summed E-state index contributed by atoms with van der Waals surface area (Å²) >= 11 is 0. The third kappa shape index (κ3) is 4.41. The van der Waals surface area contributed by atoms with E-state index in [2.05, 4.69) is 21.8 Å². The molecular formula is C25H30F3N3O3. The van der Waals surface area contributed by atoms with Crippen LogP contribution in [0.2, 0.25) is 0 Å². The molecule has 184 valence electrons. The Morgan fingerprint density at radius 1 is 1.09 bits per heavy atom. The summed E-state index contributed by atoms with van der Waals surface area (Å²) in [4.78, 5) is 22.5. The molecule has 1 N–H and O–H groups in total. The second-order valence-electron chi connectivity index (χ2n) is 10.2. The van der Waals surface area contributed by atoms with Crippen molar-refractivity contribution in [2.45, 2.75) is 89.1 Å². The molecule has 0 radical (unpaired) electrons. The molecule has 1 saturated carbocycles. The molecule has 5 rings (SSSR count). The number of rotatable bonds is 4. The van der Waals surface area contributed by atoms with Crippen LogP contribution in [-0.4, -0.2) is 39.2 Å². The smallest absolute Gasteiger partial charge is 0.420 e. The Balaban J connectivity index is 1.48. The molecule has 2 aliphatic heterocycles. The van der Waals surface area contributed by atoms with Crippen LogP contribution < -0.4 is 9.64 Å². The average Bonchev–Trinajstić information content (AvgIpc) is 2.78. The van der Waals surface area contributed by atoms with Crippen LogP contribution in [-0.2, 0) is 11.0 Å². The van der Waals surface area contributed by atoms with Crippen molar-refractivity contribution in [3.05, 3.63) is 23.9 Å². The fraction of sp³-hybridized carbons (Fsp3) is 0.640. The van der Waals surface area contributed by atoms with E-state index in [4.69, 9.17) is 4.74 Å². The SMILES string of the molecule is CC1CCC(Oc2cnc3nc(N4C5CCCC4CC(C(=O)O)C5)ccc3c2C(F)(F)F)CC1. The third-order valence-electron chi connectivity index (χ3n) is 7.81. The highest BCUT2D eigenvalue weighted by Crippen LogP contribution is 2.43. The first kappa shape index (κ1) is 23.2. The lowest BCUT2D eigenvalue weighted by atomic mass is 9.78. The highest BCUT2D eigenvalue weighted by molar-refractivity contribution is 5.83. The van der Waals surface area contributed by atoms with E-state index in [0.717, 1.165) is 51.1 Å². The van der Waals surface area contributed by atoms with E-state index < -0.39 is 17.7 Å². The summed E-state index contributed by atoms with van der Waals surface area (Å²) in [5.41, 5.74) is -0.784. The number of aliphatic carboxylic acids is 1. The van der Waals surface area contributed by atoms with E-state index in [1.165, 1.54) is 6.07 Å². The molecule has 2 aromatic heterocycles. The first-order valence-corrected chi connectivity index (χ1v) is 12.3. The zero-order valence-electron chi connectivity index (χ0n) is 19.2. The molecule has 2 saturated heterocycles. The van der Waals surface area contributed by atoms with Gasteiger partial charge in [-0.15, -0.1) is 0 Å². The fourth-order valence-corrected chi connectivity index (χ4v) is 6.06. The Hall–Kier alpha value is -2.58.